The lowest BCUT2D eigenvalue weighted by molar-refractivity contribution is -0.0882. The first kappa shape index (κ1) is 19.6. The van der Waals surface area contributed by atoms with E-state index in [0.29, 0.717) is 12.5 Å². The average molecular weight is 379 g/mol. The van der Waals surface area contributed by atoms with E-state index in [2.05, 4.69) is 62.1 Å². The topological polar surface area (TPSA) is 21.7 Å². The first-order valence-corrected chi connectivity index (χ1v) is 10.6. The predicted molar refractivity (Wildman–Crippen MR) is 112 cm³/mol. The van der Waals surface area contributed by atoms with Crippen molar-refractivity contribution in [3.63, 3.8) is 0 Å². The third-order valence-electron chi connectivity index (χ3n) is 6.35. The van der Waals surface area contributed by atoms with Crippen molar-refractivity contribution in [3.8, 4) is 0 Å². The van der Waals surface area contributed by atoms with Crippen LogP contribution in [0.15, 0.2) is 48.5 Å². The molecule has 0 aromatic heterocycles. The van der Waals surface area contributed by atoms with Crippen LogP contribution in [0, 0.1) is 12.0 Å². The van der Waals surface area contributed by atoms with Crippen molar-refractivity contribution >= 4 is 0 Å². The van der Waals surface area contributed by atoms with E-state index in [-0.39, 0.29) is 17.9 Å². The highest BCUT2D eigenvalue weighted by Crippen LogP contribution is 2.36. The summed E-state index contributed by atoms with van der Waals surface area (Å²) in [7, 11) is 0. The van der Waals surface area contributed by atoms with Gasteiger partial charge in [-0.3, -0.25) is 4.90 Å². The molecular formula is C25H32NO2. The molecule has 0 N–H and O–H groups in total. The maximum Gasteiger partial charge on any atom is 0.134 e. The zero-order chi connectivity index (χ0) is 19.6. The molecule has 3 nitrogen and oxygen atoms in total. The highest BCUT2D eigenvalue weighted by atomic mass is 16.6. The molecule has 0 amide bonds. The summed E-state index contributed by atoms with van der Waals surface area (Å²) in [6, 6.07) is 20.2. The normalized spacial score (nSPS) is 21.8. The van der Waals surface area contributed by atoms with Gasteiger partial charge in [-0.05, 0) is 68.7 Å². The molecule has 149 valence electrons. The fourth-order valence-corrected chi connectivity index (χ4v) is 4.95. The lowest BCUT2D eigenvalue weighted by Crippen LogP contribution is -2.50. The van der Waals surface area contributed by atoms with Crippen LogP contribution < -0.4 is 0 Å². The molecule has 1 unspecified atom stereocenters. The maximum absolute atomic E-state index is 6.16. The minimum atomic E-state index is 0.0275. The molecule has 0 bridgehead atoms. The van der Waals surface area contributed by atoms with Gasteiger partial charge in [0, 0.05) is 12.1 Å². The zero-order valence-electron chi connectivity index (χ0n) is 17.4. The lowest BCUT2D eigenvalue weighted by Gasteiger charge is -2.40. The number of rotatable bonds is 7. The van der Waals surface area contributed by atoms with Crippen LogP contribution in [-0.4, -0.2) is 36.4 Å². The molecule has 2 aromatic carbocycles. The SMILES string of the molecule is C[C@@H](OCC1OCCN1C(C)(C)CC1Cc2ccccc2C1)c1[c]cccc1. The van der Waals surface area contributed by atoms with Gasteiger partial charge in [0.15, 0.2) is 0 Å². The van der Waals surface area contributed by atoms with Crippen molar-refractivity contribution in [1.82, 2.24) is 4.90 Å². The number of ether oxygens (including phenoxy) is 2. The van der Waals surface area contributed by atoms with E-state index in [1.54, 1.807) is 0 Å². The molecule has 2 aliphatic rings. The van der Waals surface area contributed by atoms with E-state index in [1.807, 2.05) is 18.2 Å². The monoisotopic (exact) mass is 378 g/mol. The third kappa shape index (κ3) is 4.32. The van der Waals surface area contributed by atoms with Gasteiger partial charge in [0.1, 0.15) is 6.23 Å². The third-order valence-corrected chi connectivity index (χ3v) is 6.35. The van der Waals surface area contributed by atoms with Crippen molar-refractivity contribution in [3.05, 3.63) is 71.3 Å². The summed E-state index contributed by atoms with van der Waals surface area (Å²) in [5, 5.41) is 0. The fraction of sp³-hybridized carbons (Fsp3) is 0.520. The van der Waals surface area contributed by atoms with Crippen LogP contribution in [0.2, 0.25) is 0 Å². The number of benzene rings is 2. The van der Waals surface area contributed by atoms with Gasteiger partial charge in [-0.15, -0.1) is 0 Å². The summed E-state index contributed by atoms with van der Waals surface area (Å²) < 4.78 is 12.2. The van der Waals surface area contributed by atoms with Crippen molar-refractivity contribution in [2.45, 2.75) is 57.9 Å². The predicted octanol–water partition coefficient (Wildman–Crippen LogP) is 4.81. The van der Waals surface area contributed by atoms with Gasteiger partial charge in [0.2, 0.25) is 0 Å². The summed E-state index contributed by atoms with van der Waals surface area (Å²) in [6.07, 6.45) is 3.65. The van der Waals surface area contributed by atoms with Gasteiger partial charge in [-0.2, -0.15) is 0 Å². The highest BCUT2D eigenvalue weighted by Gasteiger charge is 2.39. The van der Waals surface area contributed by atoms with Crippen LogP contribution >= 0.6 is 0 Å². The molecule has 28 heavy (non-hydrogen) atoms. The summed E-state index contributed by atoms with van der Waals surface area (Å²) in [6.45, 7) is 9.18. The van der Waals surface area contributed by atoms with E-state index in [0.717, 1.165) is 18.7 Å². The Hall–Kier alpha value is -1.68. The zero-order valence-corrected chi connectivity index (χ0v) is 17.4. The summed E-state index contributed by atoms with van der Waals surface area (Å²) >= 11 is 0. The summed E-state index contributed by atoms with van der Waals surface area (Å²) in [4.78, 5) is 2.51. The minimum absolute atomic E-state index is 0.0275. The Morgan fingerprint density at radius 2 is 1.86 bits per heavy atom. The van der Waals surface area contributed by atoms with Gasteiger partial charge >= 0.3 is 0 Å². The molecule has 1 fully saturated rings. The molecule has 0 spiro atoms. The molecular weight excluding hydrogens is 346 g/mol. The molecule has 4 rings (SSSR count). The van der Waals surface area contributed by atoms with Crippen LogP contribution in [0.5, 0.6) is 0 Å². The van der Waals surface area contributed by atoms with Crippen LogP contribution in [0.1, 0.15) is 50.0 Å². The van der Waals surface area contributed by atoms with Crippen molar-refractivity contribution in [2.24, 2.45) is 5.92 Å². The van der Waals surface area contributed by atoms with E-state index in [1.165, 1.54) is 30.4 Å². The largest absolute Gasteiger partial charge is 0.370 e. The van der Waals surface area contributed by atoms with Gasteiger partial charge in [0.05, 0.1) is 19.3 Å². The van der Waals surface area contributed by atoms with Crippen molar-refractivity contribution in [1.29, 1.82) is 0 Å². The molecule has 1 aliphatic carbocycles. The number of nitrogens with zero attached hydrogens (tertiary/aromatic N) is 1. The van der Waals surface area contributed by atoms with Crippen molar-refractivity contribution < 1.29 is 9.47 Å². The second-order valence-electron chi connectivity index (χ2n) is 8.87. The van der Waals surface area contributed by atoms with Gasteiger partial charge < -0.3 is 9.47 Å². The quantitative estimate of drug-likeness (QED) is 0.690. The number of hydrogen-bond acceptors (Lipinski definition) is 3. The molecule has 1 radical (unpaired) electrons. The Morgan fingerprint density at radius 3 is 2.54 bits per heavy atom. The summed E-state index contributed by atoms with van der Waals surface area (Å²) in [5.74, 6) is 0.715. The van der Waals surface area contributed by atoms with Crippen molar-refractivity contribution in [2.75, 3.05) is 19.8 Å². The Kier molecular flexibility index (Phi) is 5.86. The van der Waals surface area contributed by atoms with E-state index in [9.17, 15) is 0 Å². The molecule has 3 heteroatoms. The summed E-state index contributed by atoms with van der Waals surface area (Å²) in [5.41, 5.74) is 4.26. The molecule has 1 aliphatic heterocycles. The second kappa shape index (κ2) is 8.36. The highest BCUT2D eigenvalue weighted by molar-refractivity contribution is 5.32. The Morgan fingerprint density at radius 1 is 1.14 bits per heavy atom. The lowest BCUT2D eigenvalue weighted by atomic mass is 9.87. The van der Waals surface area contributed by atoms with E-state index >= 15 is 0 Å². The van der Waals surface area contributed by atoms with Gasteiger partial charge in [0.25, 0.3) is 0 Å². The maximum atomic E-state index is 6.16. The first-order chi connectivity index (χ1) is 13.5. The number of hydrogen-bond donors (Lipinski definition) is 0. The second-order valence-corrected chi connectivity index (χ2v) is 8.87. The van der Waals surface area contributed by atoms with E-state index < -0.39 is 0 Å². The molecule has 2 aromatic rings. The van der Waals surface area contributed by atoms with E-state index in [4.69, 9.17) is 9.47 Å². The molecule has 1 saturated heterocycles. The molecule has 0 saturated carbocycles. The minimum Gasteiger partial charge on any atom is -0.370 e. The average Bonchev–Trinajstić information content (AvgIpc) is 3.33. The Labute approximate surface area is 169 Å². The standard InChI is InChI=1S/C25H32NO2/c1-19(21-9-5-4-6-10-21)28-18-24-26(13-14-27-24)25(2,3)17-20-15-22-11-7-8-12-23(22)16-20/h4-9,11-12,19-20,24H,13-18H2,1-3H3/t19-,24?/m1/s1. The number of fused-ring (bicyclic) bond motifs is 1. The van der Waals surface area contributed by atoms with Gasteiger partial charge in [-0.25, -0.2) is 0 Å². The van der Waals surface area contributed by atoms with Crippen LogP contribution in [0.4, 0.5) is 0 Å². The van der Waals surface area contributed by atoms with Crippen LogP contribution in [0.25, 0.3) is 0 Å². The molecule has 2 atom stereocenters. The first-order valence-electron chi connectivity index (χ1n) is 10.6. The van der Waals surface area contributed by atoms with Crippen LogP contribution in [0.3, 0.4) is 0 Å². The Bertz CT molecular complexity index is 748. The Balaban J connectivity index is 1.34. The fourth-order valence-electron chi connectivity index (χ4n) is 4.95. The molecule has 1 heterocycles. The van der Waals surface area contributed by atoms with Crippen LogP contribution in [-0.2, 0) is 22.3 Å². The smallest absolute Gasteiger partial charge is 0.134 e. The van der Waals surface area contributed by atoms with Gasteiger partial charge in [-0.1, -0.05) is 48.5 Å².